The van der Waals surface area contributed by atoms with E-state index in [0.717, 1.165) is 0 Å². The third-order valence-corrected chi connectivity index (χ3v) is 4.84. The molecule has 2 rings (SSSR count). The standard InChI is InChI=1S/C10H16N4O4S/c1-2-19(16,17)14-6-4-13(5-7-14)10(15)11-9-3-8-18-12-9/h3,8H,2,4-7H2,1H3,(H,11,12,15). The summed E-state index contributed by atoms with van der Waals surface area (Å²) >= 11 is 0. The van der Waals surface area contributed by atoms with Crippen molar-refractivity contribution in [2.45, 2.75) is 6.92 Å². The van der Waals surface area contributed by atoms with Crippen molar-refractivity contribution < 1.29 is 17.7 Å². The molecular formula is C10H16N4O4S. The van der Waals surface area contributed by atoms with Gasteiger partial charge in [0.05, 0.1) is 5.75 Å². The lowest BCUT2D eigenvalue weighted by molar-refractivity contribution is 0.184. The van der Waals surface area contributed by atoms with E-state index in [2.05, 4.69) is 15.0 Å². The molecule has 1 aromatic heterocycles. The molecule has 1 N–H and O–H groups in total. The SMILES string of the molecule is CCS(=O)(=O)N1CCN(C(=O)Nc2ccon2)CC1. The molecule has 0 saturated carbocycles. The zero-order chi connectivity index (χ0) is 13.9. The molecular weight excluding hydrogens is 272 g/mol. The molecule has 2 heterocycles. The number of rotatable bonds is 3. The topological polar surface area (TPSA) is 95.8 Å². The van der Waals surface area contributed by atoms with Gasteiger partial charge >= 0.3 is 6.03 Å². The molecule has 1 aromatic rings. The number of amides is 2. The Labute approximate surface area is 111 Å². The lowest BCUT2D eigenvalue weighted by atomic mass is 10.4. The number of nitrogens with one attached hydrogen (secondary N) is 1. The van der Waals surface area contributed by atoms with Crippen LogP contribution in [-0.2, 0) is 10.0 Å². The van der Waals surface area contributed by atoms with Crippen molar-refractivity contribution in [3.8, 4) is 0 Å². The van der Waals surface area contributed by atoms with E-state index >= 15 is 0 Å². The molecule has 8 nitrogen and oxygen atoms in total. The summed E-state index contributed by atoms with van der Waals surface area (Å²) in [7, 11) is -3.17. The Balaban J connectivity index is 1.88. The number of nitrogens with zero attached hydrogens (tertiary/aromatic N) is 3. The van der Waals surface area contributed by atoms with Crippen molar-refractivity contribution in [2.75, 3.05) is 37.2 Å². The first-order valence-corrected chi connectivity index (χ1v) is 7.58. The molecule has 1 aliphatic heterocycles. The zero-order valence-electron chi connectivity index (χ0n) is 10.6. The second kappa shape index (κ2) is 5.57. The highest BCUT2D eigenvalue weighted by Crippen LogP contribution is 2.10. The fourth-order valence-electron chi connectivity index (χ4n) is 1.82. The van der Waals surface area contributed by atoms with Gasteiger partial charge in [0.1, 0.15) is 6.26 Å². The van der Waals surface area contributed by atoms with Crippen molar-refractivity contribution in [3.05, 3.63) is 12.3 Å². The first-order chi connectivity index (χ1) is 9.03. The predicted octanol–water partition coefficient (Wildman–Crippen LogP) is 0.174. The van der Waals surface area contributed by atoms with E-state index in [0.29, 0.717) is 32.0 Å². The van der Waals surface area contributed by atoms with Crippen molar-refractivity contribution in [3.63, 3.8) is 0 Å². The number of hydrogen-bond donors (Lipinski definition) is 1. The molecule has 0 aromatic carbocycles. The summed E-state index contributed by atoms with van der Waals surface area (Å²) in [5, 5.41) is 6.15. The largest absolute Gasteiger partial charge is 0.363 e. The zero-order valence-corrected chi connectivity index (χ0v) is 11.4. The van der Waals surface area contributed by atoms with Gasteiger partial charge in [-0.25, -0.2) is 13.2 Å². The van der Waals surface area contributed by atoms with Crippen molar-refractivity contribution in [1.82, 2.24) is 14.4 Å². The highest BCUT2D eigenvalue weighted by atomic mass is 32.2. The molecule has 0 bridgehead atoms. The maximum absolute atomic E-state index is 11.9. The molecule has 1 aliphatic rings. The first kappa shape index (κ1) is 13.8. The number of aromatic nitrogens is 1. The molecule has 0 radical (unpaired) electrons. The van der Waals surface area contributed by atoms with E-state index in [-0.39, 0.29) is 11.8 Å². The van der Waals surface area contributed by atoms with Crippen LogP contribution < -0.4 is 5.32 Å². The Morgan fingerprint density at radius 2 is 2.11 bits per heavy atom. The van der Waals surface area contributed by atoms with Crippen LogP contribution in [0.4, 0.5) is 10.6 Å². The van der Waals surface area contributed by atoms with Gasteiger partial charge in [-0.3, -0.25) is 5.32 Å². The number of carbonyl (C=O) groups is 1. The van der Waals surface area contributed by atoms with E-state index in [4.69, 9.17) is 0 Å². The molecule has 9 heteroatoms. The Morgan fingerprint density at radius 3 is 2.63 bits per heavy atom. The molecule has 0 spiro atoms. The highest BCUT2D eigenvalue weighted by Gasteiger charge is 2.27. The summed E-state index contributed by atoms with van der Waals surface area (Å²) in [6, 6.07) is 1.23. The molecule has 1 saturated heterocycles. The average molecular weight is 288 g/mol. The molecule has 19 heavy (non-hydrogen) atoms. The van der Waals surface area contributed by atoms with Gasteiger partial charge in [-0.05, 0) is 6.92 Å². The number of urea groups is 1. The second-order valence-corrected chi connectivity index (χ2v) is 6.36. The Hall–Kier alpha value is -1.61. The summed E-state index contributed by atoms with van der Waals surface area (Å²) in [5.41, 5.74) is 0. The molecule has 2 amide bonds. The predicted molar refractivity (Wildman–Crippen MR) is 68.1 cm³/mol. The van der Waals surface area contributed by atoms with E-state index in [1.54, 1.807) is 11.8 Å². The van der Waals surface area contributed by atoms with Crippen LogP contribution >= 0.6 is 0 Å². The lowest BCUT2D eigenvalue weighted by Gasteiger charge is -2.33. The van der Waals surface area contributed by atoms with Crippen LogP contribution in [0.25, 0.3) is 0 Å². The highest BCUT2D eigenvalue weighted by molar-refractivity contribution is 7.89. The summed E-state index contributed by atoms with van der Waals surface area (Å²) in [5.74, 6) is 0.423. The maximum atomic E-state index is 11.9. The Bertz CT molecular complexity index is 520. The van der Waals surface area contributed by atoms with Gasteiger partial charge in [-0.15, -0.1) is 0 Å². The van der Waals surface area contributed by atoms with Gasteiger partial charge in [0.2, 0.25) is 10.0 Å². The molecule has 1 fully saturated rings. The van der Waals surface area contributed by atoms with Crippen molar-refractivity contribution >= 4 is 21.9 Å². The van der Waals surface area contributed by atoms with Crippen LogP contribution in [-0.4, -0.2) is 60.7 Å². The van der Waals surface area contributed by atoms with Crippen LogP contribution in [0, 0.1) is 0 Å². The Kier molecular flexibility index (Phi) is 4.05. The molecule has 106 valence electrons. The number of sulfonamides is 1. The van der Waals surface area contributed by atoms with Crippen molar-refractivity contribution in [1.29, 1.82) is 0 Å². The summed E-state index contributed by atoms with van der Waals surface area (Å²) in [4.78, 5) is 13.4. The minimum absolute atomic E-state index is 0.0815. The summed E-state index contributed by atoms with van der Waals surface area (Å²) in [6.07, 6.45) is 1.36. The van der Waals surface area contributed by atoms with Gasteiger partial charge < -0.3 is 9.42 Å². The van der Waals surface area contributed by atoms with Crippen LogP contribution in [0.5, 0.6) is 0 Å². The average Bonchev–Trinajstić information content (AvgIpc) is 2.91. The van der Waals surface area contributed by atoms with Crippen molar-refractivity contribution in [2.24, 2.45) is 0 Å². The van der Waals surface area contributed by atoms with Crippen LogP contribution in [0.15, 0.2) is 16.9 Å². The van der Waals surface area contributed by atoms with E-state index < -0.39 is 10.0 Å². The quantitative estimate of drug-likeness (QED) is 0.855. The number of piperazine rings is 1. The smallest absolute Gasteiger partial charge is 0.323 e. The third-order valence-electron chi connectivity index (χ3n) is 2.96. The fourth-order valence-corrected chi connectivity index (χ4v) is 2.90. The lowest BCUT2D eigenvalue weighted by Crippen LogP contribution is -2.51. The maximum Gasteiger partial charge on any atom is 0.323 e. The molecule has 0 aliphatic carbocycles. The molecule has 0 atom stereocenters. The van der Waals surface area contributed by atoms with E-state index in [9.17, 15) is 13.2 Å². The third kappa shape index (κ3) is 3.24. The fraction of sp³-hybridized carbons (Fsp3) is 0.600. The summed E-state index contributed by atoms with van der Waals surface area (Å²) in [6.45, 7) is 2.98. The summed E-state index contributed by atoms with van der Waals surface area (Å²) < 4.78 is 29.4. The minimum atomic E-state index is -3.17. The first-order valence-electron chi connectivity index (χ1n) is 5.97. The van der Waals surface area contributed by atoms with Crippen LogP contribution in [0.1, 0.15) is 6.92 Å². The van der Waals surface area contributed by atoms with Gasteiger partial charge in [0, 0.05) is 32.2 Å². The minimum Gasteiger partial charge on any atom is -0.363 e. The second-order valence-electron chi connectivity index (χ2n) is 4.10. The molecule has 0 unspecified atom stereocenters. The van der Waals surface area contributed by atoms with Gasteiger partial charge in [-0.2, -0.15) is 4.31 Å². The monoisotopic (exact) mass is 288 g/mol. The Morgan fingerprint density at radius 1 is 1.42 bits per heavy atom. The normalized spacial score (nSPS) is 17.4. The number of hydrogen-bond acceptors (Lipinski definition) is 5. The van der Waals surface area contributed by atoms with Gasteiger partial charge in [0.15, 0.2) is 5.82 Å². The van der Waals surface area contributed by atoms with E-state index in [1.807, 2.05) is 0 Å². The van der Waals surface area contributed by atoms with E-state index in [1.165, 1.54) is 16.6 Å². The van der Waals surface area contributed by atoms with Crippen LogP contribution in [0.2, 0.25) is 0 Å². The van der Waals surface area contributed by atoms with Gasteiger partial charge in [0.25, 0.3) is 0 Å². The van der Waals surface area contributed by atoms with Gasteiger partial charge in [-0.1, -0.05) is 5.16 Å². The van der Waals surface area contributed by atoms with Crippen LogP contribution in [0.3, 0.4) is 0 Å². The number of carbonyl (C=O) groups excluding carboxylic acids is 1. The number of anilines is 1.